The van der Waals surface area contributed by atoms with E-state index >= 15 is 0 Å². The lowest BCUT2D eigenvalue weighted by Crippen LogP contribution is -2.38. The molecule has 6 nitrogen and oxygen atoms in total. The van der Waals surface area contributed by atoms with Gasteiger partial charge in [-0.2, -0.15) is 0 Å². The van der Waals surface area contributed by atoms with Gasteiger partial charge in [0.2, 0.25) is 5.67 Å². The standard InChI is InChI=1S/C9H11FN2O4S/c10-9(3-16-5(1-13)6(9)14)8-12-4(2-17-8)7(11)15/h2,5-6,13-14H,1,3H2,(H2,11,15)/t5-,6+,9+/m0/s1. The number of primary amides is 1. The van der Waals surface area contributed by atoms with Gasteiger partial charge in [0, 0.05) is 5.38 Å². The van der Waals surface area contributed by atoms with Crippen molar-refractivity contribution in [2.24, 2.45) is 5.73 Å². The first-order valence-electron chi connectivity index (χ1n) is 4.84. The van der Waals surface area contributed by atoms with Crippen LogP contribution in [-0.4, -0.2) is 46.5 Å². The second kappa shape index (κ2) is 4.30. The lowest BCUT2D eigenvalue weighted by molar-refractivity contribution is -0.0153. The molecule has 1 aliphatic heterocycles. The zero-order valence-electron chi connectivity index (χ0n) is 8.67. The second-order valence-electron chi connectivity index (χ2n) is 3.74. The van der Waals surface area contributed by atoms with Crippen molar-refractivity contribution in [3.8, 4) is 0 Å². The summed E-state index contributed by atoms with van der Waals surface area (Å²) in [5.41, 5.74) is 2.75. The first-order chi connectivity index (χ1) is 7.99. The van der Waals surface area contributed by atoms with Crippen molar-refractivity contribution >= 4 is 17.2 Å². The van der Waals surface area contributed by atoms with E-state index in [-0.39, 0.29) is 10.7 Å². The normalized spacial score (nSPS) is 32.9. The quantitative estimate of drug-likeness (QED) is 0.658. The number of amides is 1. The first kappa shape index (κ1) is 12.4. The number of thiazole rings is 1. The number of carbonyl (C=O) groups excluding carboxylic acids is 1. The molecule has 1 saturated heterocycles. The Kier molecular flexibility index (Phi) is 3.13. The third-order valence-corrected chi connectivity index (χ3v) is 3.62. The highest BCUT2D eigenvalue weighted by atomic mass is 32.1. The zero-order valence-corrected chi connectivity index (χ0v) is 9.48. The summed E-state index contributed by atoms with van der Waals surface area (Å²) in [6, 6.07) is 0. The van der Waals surface area contributed by atoms with Crippen molar-refractivity contribution in [2.45, 2.75) is 17.9 Å². The van der Waals surface area contributed by atoms with E-state index in [0.717, 1.165) is 11.3 Å². The maximum atomic E-state index is 14.5. The highest BCUT2D eigenvalue weighted by Gasteiger charge is 2.53. The lowest BCUT2D eigenvalue weighted by atomic mass is 9.99. The summed E-state index contributed by atoms with van der Waals surface area (Å²) in [6.07, 6.45) is -2.50. The molecule has 1 aliphatic rings. The molecule has 0 aliphatic carbocycles. The van der Waals surface area contributed by atoms with Gasteiger partial charge in [-0.15, -0.1) is 11.3 Å². The highest BCUT2D eigenvalue weighted by Crippen LogP contribution is 2.39. The van der Waals surface area contributed by atoms with Gasteiger partial charge in [0.15, 0.2) is 0 Å². The topological polar surface area (TPSA) is 106 Å². The third-order valence-electron chi connectivity index (χ3n) is 2.62. The summed E-state index contributed by atoms with van der Waals surface area (Å²) < 4.78 is 19.4. The molecule has 17 heavy (non-hydrogen) atoms. The summed E-state index contributed by atoms with van der Waals surface area (Å²) in [4.78, 5) is 14.6. The molecule has 3 atom stereocenters. The molecular formula is C9H11FN2O4S. The van der Waals surface area contributed by atoms with Crippen LogP contribution in [0.4, 0.5) is 4.39 Å². The molecule has 0 radical (unpaired) electrons. The minimum atomic E-state index is -2.20. The van der Waals surface area contributed by atoms with Gasteiger partial charge in [-0.3, -0.25) is 4.79 Å². The van der Waals surface area contributed by atoms with Gasteiger partial charge < -0.3 is 20.7 Å². The molecule has 0 saturated carbocycles. The van der Waals surface area contributed by atoms with Crippen LogP contribution >= 0.6 is 11.3 Å². The highest BCUT2D eigenvalue weighted by molar-refractivity contribution is 7.10. The van der Waals surface area contributed by atoms with E-state index in [1.807, 2.05) is 0 Å². The molecule has 8 heteroatoms. The van der Waals surface area contributed by atoms with Crippen LogP contribution in [0.2, 0.25) is 0 Å². The van der Waals surface area contributed by atoms with Crippen LogP contribution < -0.4 is 5.73 Å². The van der Waals surface area contributed by atoms with Gasteiger partial charge in [0.25, 0.3) is 5.91 Å². The molecule has 2 rings (SSSR count). The van der Waals surface area contributed by atoms with Crippen LogP contribution in [0.25, 0.3) is 0 Å². The molecule has 0 unspecified atom stereocenters. The van der Waals surface area contributed by atoms with Crippen LogP contribution in [0.15, 0.2) is 5.38 Å². The zero-order chi connectivity index (χ0) is 12.6. The van der Waals surface area contributed by atoms with Crippen molar-refractivity contribution in [3.05, 3.63) is 16.1 Å². The molecule has 1 amide bonds. The maximum absolute atomic E-state index is 14.5. The lowest BCUT2D eigenvalue weighted by Gasteiger charge is -2.20. The van der Waals surface area contributed by atoms with Gasteiger partial charge in [0.1, 0.15) is 22.9 Å². The SMILES string of the molecule is NC(=O)c1csc([C@@]2(F)CO[C@@H](CO)[C@H]2O)n1. The number of aliphatic hydroxyl groups excluding tert-OH is 2. The minimum absolute atomic E-state index is 0.0540. The van der Waals surface area contributed by atoms with Crippen molar-refractivity contribution in [1.82, 2.24) is 4.98 Å². The summed E-state index contributed by atoms with van der Waals surface area (Å²) in [5, 5.41) is 19.8. The van der Waals surface area contributed by atoms with E-state index in [4.69, 9.17) is 15.6 Å². The molecule has 2 heterocycles. The molecule has 0 bridgehead atoms. The number of ether oxygens (including phenoxy) is 1. The number of nitrogens with two attached hydrogens (primary N) is 1. The summed E-state index contributed by atoms with van der Waals surface area (Å²) in [7, 11) is 0. The van der Waals surface area contributed by atoms with Crippen LogP contribution in [0.1, 0.15) is 15.5 Å². The molecule has 1 aromatic heterocycles. The van der Waals surface area contributed by atoms with E-state index in [9.17, 15) is 14.3 Å². The average Bonchev–Trinajstić information content (AvgIpc) is 2.87. The fourth-order valence-corrected chi connectivity index (χ4v) is 2.54. The number of hydrogen-bond donors (Lipinski definition) is 3. The number of halogens is 1. The molecule has 0 aromatic carbocycles. The Labute approximate surface area is 99.8 Å². The fraction of sp³-hybridized carbons (Fsp3) is 0.556. The number of nitrogens with zero attached hydrogens (tertiary/aromatic N) is 1. The van der Waals surface area contributed by atoms with E-state index < -0.39 is 37.0 Å². The largest absolute Gasteiger partial charge is 0.394 e. The summed E-state index contributed by atoms with van der Waals surface area (Å²) in [6.45, 7) is -0.897. The van der Waals surface area contributed by atoms with Gasteiger partial charge in [-0.25, -0.2) is 9.37 Å². The third kappa shape index (κ3) is 1.93. The average molecular weight is 262 g/mol. The van der Waals surface area contributed by atoms with Crippen LogP contribution in [0.3, 0.4) is 0 Å². The Morgan fingerprint density at radius 2 is 2.53 bits per heavy atom. The fourth-order valence-electron chi connectivity index (χ4n) is 1.62. The summed E-state index contributed by atoms with van der Waals surface area (Å²) in [5.74, 6) is -0.761. The predicted octanol–water partition coefficient (Wildman–Crippen LogP) is -0.841. The Bertz CT molecular complexity index is 440. The first-order valence-corrected chi connectivity index (χ1v) is 5.72. The van der Waals surface area contributed by atoms with Crippen LogP contribution in [0, 0.1) is 0 Å². The number of hydrogen-bond acceptors (Lipinski definition) is 6. The van der Waals surface area contributed by atoms with Gasteiger partial charge >= 0.3 is 0 Å². The number of rotatable bonds is 3. The van der Waals surface area contributed by atoms with E-state index in [1.54, 1.807) is 0 Å². The molecule has 4 N–H and O–H groups in total. The van der Waals surface area contributed by atoms with Gasteiger partial charge in [-0.1, -0.05) is 0 Å². The Balaban J connectivity index is 2.29. The van der Waals surface area contributed by atoms with Gasteiger partial charge in [-0.05, 0) is 0 Å². The number of carbonyl (C=O) groups is 1. The smallest absolute Gasteiger partial charge is 0.268 e. The van der Waals surface area contributed by atoms with Crippen LogP contribution in [0.5, 0.6) is 0 Å². The Morgan fingerprint density at radius 3 is 3.00 bits per heavy atom. The number of alkyl halides is 1. The molecule has 94 valence electrons. The Morgan fingerprint density at radius 1 is 1.82 bits per heavy atom. The second-order valence-corrected chi connectivity index (χ2v) is 4.60. The van der Waals surface area contributed by atoms with Crippen molar-refractivity contribution in [3.63, 3.8) is 0 Å². The van der Waals surface area contributed by atoms with Crippen molar-refractivity contribution < 1.29 is 24.1 Å². The minimum Gasteiger partial charge on any atom is -0.394 e. The molecule has 1 aromatic rings. The predicted molar refractivity (Wildman–Crippen MR) is 56.3 cm³/mol. The molecule has 1 fully saturated rings. The van der Waals surface area contributed by atoms with E-state index in [0.29, 0.717) is 0 Å². The Hall–Kier alpha value is -1.09. The van der Waals surface area contributed by atoms with E-state index in [1.165, 1.54) is 5.38 Å². The molecular weight excluding hydrogens is 251 g/mol. The van der Waals surface area contributed by atoms with E-state index in [2.05, 4.69) is 4.98 Å². The summed E-state index contributed by atoms with van der Waals surface area (Å²) >= 11 is 0.882. The number of aliphatic hydroxyl groups is 2. The van der Waals surface area contributed by atoms with Gasteiger partial charge in [0.05, 0.1) is 13.2 Å². The van der Waals surface area contributed by atoms with Crippen molar-refractivity contribution in [2.75, 3.05) is 13.2 Å². The number of aromatic nitrogens is 1. The van der Waals surface area contributed by atoms with Crippen LogP contribution in [-0.2, 0) is 10.4 Å². The van der Waals surface area contributed by atoms with Crippen molar-refractivity contribution in [1.29, 1.82) is 0 Å². The maximum Gasteiger partial charge on any atom is 0.268 e. The monoisotopic (exact) mass is 262 g/mol. The molecule has 0 spiro atoms.